The molecule has 18 heavy (non-hydrogen) atoms. The van der Waals surface area contributed by atoms with Crippen LogP contribution in [0.3, 0.4) is 0 Å². The van der Waals surface area contributed by atoms with Crippen LogP contribution in [0.25, 0.3) is 0 Å². The molecule has 94 valence electrons. The molecule has 0 atom stereocenters. The lowest BCUT2D eigenvalue weighted by atomic mass is 10.3. The van der Waals surface area contributed by atoms with E-state index in [9.17, 15) is 8.78 Å². The smallest absolute Gasteiger partial charge is 0.387 e. The SMILES string of the molecule is FC(F)Oc1ccccc1Nc1ccc(Cl)nn1. The maximum absolute atomic E-state index is 12.2. The van der Waals surface area contributed by atoms with E-state index < -0.39 is 6.61 Å². The van der Waals surface area contributed by atoms with E-state index in [0.717, 1.165) is 0 Å². The fourth-order valence-corrected chi connectivity index (χ4v) is 1.39. The summed E-state index contributed by atoms with van der Waals surface area (Å²) in [5.74, 6) is 0.411. The molecule has 0 unspecified atom stereocenters. The van der Waals surface area contributed by atoms with Gasteiger partial charge in [-0.05, 0) is 24.3 Å². The fourth-order valence-electron chi connectivity index (χ4n) is 1.29. The zero-order chi connectivity index (χ0) is 13.0. The summed E-state index contributed by atoms with van der Waals surface area (Å²) in [6.07, 6.45) is 0. The molecule has 0 aliphatic carbocycles. The molecular weight excluding hydrogens is 264 g/mol. The summed E-state index contributed by atoms with van der Waals surface area (Å²) in [4.78, 5) is 0. The number of alkyl halides is 2. The maximum Gasteiger partial charge on any atom is 0.387 e. The molecule has 0 bridgehead atoms. The number of para-hydroxylation sites is 2. The van der Waals surface area contributed by atoms with Crippen LogP contribution in [0.5, 0.6) is 5.75 Å². The van der Waals surface area contributed by atoms with Crippen LogP contribution in [0.1, 0.15) is 0 Å². The zero-order valence-corrected chi connectivity index (χ0v) is 9.73. The summed E-state index contributed by atoms with van der Waals surface area (Å²) >= 11 is 5.59. The highest BCUT2D eigenvalue weighted by molar-refractivity contribution is 6.29. The van der Waals surface area contributed by atoms with Crippen LogP contribution < -0.4 is 10.1 Å². The molecule has 1 aromatic carbocycles. The minimum absolute atomic E-state index is 0.0317. The van der Waals surface area contributed by atoms with Gasteiger partial charge in [0.15, 0.2) is 11.0 Å². The summed E-state index contributed by atoms with van der Waals surface area (Å²) in [7, 11) is 0. The van der Waals surface area contributed by atoms with E-state index in [-0.39, 0.29) is 10.9 Å². The highest BCUT2D eigenvalue weighted by Crippen LogP contribution is 2.27. The van der Waals surface area contributed by atoms with E-state index in [2.05, 4.69) is 20.3 Å². The van der Waals surface area contributed by atoms with Gasteiger partial charge in [0.2, 0.25) is 0 Å². The number of rotatable bonds is 4. The van der Waals surface area contributed by atoms with Gasteiger partial charge >= 0.3 is 6.61 Å². The average Bonchev–Trinajstić information content (AvgIpc) is 2.34. The van der Waals surface area contributed by atoms with Gasteiger partial charge in [-0.15, -0.1) is 10.2 Å². The van der Waals surface area contributed by atoms with Crippen LogP contribution in [0, 0.1) is 0 Å². The lowest BCUT2D eigenvalue weighted by Crippen LogP contribution is -2.05. The number of hydrogen-bond donors (Lipinski definition) is 1. The first-order valence-electron chi connectivity index (χ1n) is 4.95. The van der Waals surface area contributed by atoms with Gasteiger partial charge in [-0.1, -0.05) is 23.7 Å². The molecule has 2 rings (SSSR count). The largest absolute Gasteiger partial charge is 0.433 e. The number of halogens is 3. The van der Waals surface area contributed by atoms with Crippen LogP contribution >= 0.6 is 11.6 Å². The van der Waals surface area contributed by atoms with Crippen LogP contribution in [0.4, 0.5) is 20.3 Å². The molecule has 2 aromatic rings. The molecule has 0 saturated carbocycles. The molecule has 1 aromatic heterocycles. The number of anilines is 2. The number of hydrogen-bond acceptors (Lipinski definition) is 4. The van der Waals surface area contributed by atoms with Crippen LogP contribution in [0.15, 0.2) is 36.4 Å². The van der Waals surface area contributed by atoms with Gasteiger partial charge in [-0.2, -0.15) is 8.78 Å². The lowest BCUT2D eigenvalue weighted by Gasteiger charge is -2.11. The minimum atomic E-state index is -2.88. The Balaban J connectivity index is 2.20. The van der Waals surface area contributed by atoms with Crippen molar-refractivity contribution in [3.8, 4) is 5.75 Å². The van der Waals surface area contributed by atoms with Crippen molar-refractivity contribution < 1.29 is 13.5 Å². The number of ether oxygens (including phenoxy) is 1. The van der Waals surface area contributed by atoms with Crippen molar-refractivity contribution in [3.05, 3.63) is 41.6 Å². The first kappa shape index (κ1) is 12.5. The Morgan fingerprint density at radius 2 is 1.89 bits per heavy atom. The van der Waals surface area contributed by atoms with Crippen molar-refractivity contribution in [2.45, 2.75) is 6.61 Å². The minimum Gasteiger partial charge on any atom is -0.433 e. The maximum atomic E-state index is 12.2. The Kier molecular flexibility index (Phi) is 3.88. The molecule has 0 aliphatic heterocycles. The third-order valence-corrected chi connectivity index (χ3v) is 2.20. The number of aromatic nitrogens is 2. The quantitative estimate of drug-likeness (QED) is 0.925. The van der Waals surface area contributed by atoms with Crippen molar-refractivity contribution in [2.24, 2.45) is 0 Å². The molecule has 0 saturated heterocycles. The van der Waals surface area contributed by atoms with Crippen molar-refractivity contribution in [1.29, 1.82) is 0 Å². The van der Waals surface area contributed by atoms with E-state index in [1.54, 1.807) is 24.3 Å². The van der Waals surface area contributed by atoms with Gasteiger partial charge in [0, 0.05) is 0 Å². The Morgan fingerprint density at radius 1 is 1.11 bits per heavy atom. The standard InChI is InChI=1S/C11H8ClF2N3O/c12-9-5-6-10(17-16-9)15-7-3-1-2-4-8(7)18-11(13)14/h1-6,11H,(H,15,17). The van der Waals surface area contributed by atoms with Crippen LogP contribution in [-0.2, 0) is 0 Å². The molecule has 4 nitrogen and oxygen atoms in total. The van der Waals surface area contributed by atoms with Gasteiger partial charge in [-0.3, -0.25) is 0 Å². The number of nitrogens with one attached hydrogen (secondary N) is 1. The number of benzene rings is 1. The summed E-state index contributed by atoms with van der Waals surface area (Å²) in [6, 6.07) is 9.41. The van der Waals surface area contributed by atoms with Gasteiger partial charge < -0.3 is 10.1 Å². The van der Waals surface area contributed by atoms with E-state index in [0.29, 0.717) is 11.5 Å². The molecule has 0 amide bonds. The van der Waals surface area contributed by atoms with Crippen molar-refractivity contribution in [3.63, 3.8) is 0 Å². The second-order valence-electron chi connectivity index (χ2n) is 3.24. The zero-order valence-electron chi connectivity index (χ0n) is 8.98. The predicted molar refractivity (Wildman–Crippen MR) is 63.4 cm³/mol. The molecule has 0 aliphatic rings. The van der Waals surface area contributed by atoms with E-state index in [1.807, 2.05) is 0 Å². The topological polar surface area (TPSA) is 47.0 Å². The summed E-state index contributed by atoms with van der Waals surface area (Å²) in [5, 5.41) is 10.4. The van der Waals surface area contributed by atoms with E-state index in [1.165, 1.54) is 12.1 Å². The highest BCUT2D eigenvalue weighted by atomic mass is 35.5. The highest BCUT2D eigenvalue weighted by Gasteiger charge is 2.09. The molecule has 0 spiro atoms. The molecule has 0 fully saturated rings. The van der Waals surface area contributed by atoms with E-state index in [4.69, 9.17) is 11.6 Å². The Hall–Kier alpha value is -1.95. The van der Waals surface area contributed by atoms with Crippen molar-refractivity contribution in [1.82, 2.24) is 10.2 Å². The molecule has 1 N–H and O–H groups in total. The van der Waals surface area contributed by atoms with Crippen molar-refractivity contribution >= 4 is 23.1 Å². The molecular formula is C11H8ClF2N3O. The lowest BCUT2D eigenvalue weighted by molar-refractivity contribution is -0.0493. The Labute approximate surface area is 107 Å². The fraction of sp³-hybridized carbons (Fsp3) is 0.0909. The Morgan fingerprint density at radius 3 is 2.56 bits per heavy atom. The molecule has 1 heterocycles. The van der Waals surface area contributed by atoms with Gasteiger partial charge in [0.05, 0.1) is 5.69 Å². The van der Waals surface area contributed by atoms with Gasteiger partial charge in [-0.25, -0.2) is 0 Å². The van der Waals surface area contributed by atoms with Crippen LogP contribution in [-0.4, -0.2) is 16.8 Å². The monoisotopic (exact) mass is 271 g/mol. The summed E-state index contributed by atoms with van der Waals surface area (Å²) in [5.41, 5.74) is 0.370. The number of nitrogens with zero attached hydrogens (tertiary/aromatic N) is 2. The van der Waals surface area contributed by atoms with Gasteiger partial charge in [0.25, 0.3) is 0 Å². The first-order valence-corrected chi connectivity index (χ1v) is 5.33. The second-order valence-corrected chi connectivity index (χ2v) is 3.63. The van der Waals surface area contributed by atoms with Crippen molar-refractivity contribution in [2.75, 3.05) is 5.32 Å². The summed E-state index contributed by atoms with van der Waals surface area (Å²) in [6.45, 7) is -2.88. The summed E-state index contributed by atoms with van der Waals surface area (Å²) < 4.78 is 28.8. The predicted octanol–water partition coefficient (Wildman–Crippen LogP) is 3.48. The van der Waals surface area contributed by atoms with Crippen LogP contribution in [0.2, 0.25) is 5.15 Å². The molecule has 0 radical (unpaired) electrons. The third-order valence-electron chi connectivity index (χ3n) is 2.00. The first-order chi connectivity index (χ1) is 8.65. The van der Waals surface area contributed by atoms with E-state index >= 15 is 0 Å². The average molecular weight is 272 g/mol. The second kappa shape index (κ2) is 5.59. The van der Waals surface area contributed by atoms with Gasteiger partial charge in [0.1, 0.15) is 5.75 Å². The molecule has 7 heteroatoms. The Bertz CT molecular complexity index is 522. The normalized spacial score (nSPS) is 10.4. The third kappa shape index (κ3) is 3.27.